The van der Waals surface area contributed by atoms with Crippen LogP contribution in [0.25, 0.3) is 10.9 Å². The van der Waals surface area contributed by atoms with Crippen LogP contribution in [0.2, 0.25) is 0 Å². The quantitative estimate of drug-likeness (QED) is 0.354. The zero-order chi connectivity index (χ0) is 21.1. The first-order valence-corrected chi connectivity index (χ1v) is 9.42. The number of para-hydroxylation sites is 1. The van der Waals surface area contributed by atoms with E-state index in [0.717, 1.165) is 5.56 Å². The van der Waals surface area contributed by atoms with Gasteiger partial charge in [-0.05, 0) is 30.7 Å². The molecule has 0 fully saturated rings. The molecule has 148 valence electrons. The molecule has 4 rings (SSSR count). The number of anilines is 2. The summed E-state index contributed by atoms with van der Waals surface area (Å²) in [5.74, 6) is -1.95. The minimum Gasteiger partial charge on any atom is -0.350 e. The Morgan fingerprint density at radius 2 is 1.40 bits per heavy atom. The first-order valence-electron chi connectivity index (χ1n) is 9.42. The molecule has 1 heterocycles. The molecule has 0 saturated heterocycles. The molecular formula is C24H19N3O3. The lowest BCUT2D eigenvalue weighted by molar-refractivity contribution is -0.132. The van der Waals surface area contributed by atoms with E-state index >= 15 is 0 Å². The summed E-state index contributed by atoms with van der Waals surface area (Å²) in [6, 6.07) is 23.0. The zero-order valence-electron chi connectivity index (χ0n) is 16.2. The van der Waals surface area contributed by atoms with Gasteiger partial charge in [0.05, 0.1) is 5.69 Å². The number of aromatic amines is 1. The van der Waals surface area contributed by atoms with Gasteiger partial charge in [0.25, 0.3) is 0 Å². The summed E-state index contributed by atoms with van der Waals surface area (Å²) in [7, 11) is 0. The van der Waals surface area contributed by atoms with Crippen molar-refractivity contribution in [1.82, 2.24) is 4.98 Å². The average Bonchev–Trinajstić information content (AvgIpc) is 3.11. The third-order valence-corrected chi connectivity index (χ3v) is 4.69. The van der Waals surface area contributed by atoms with Crippen molar-refractivity contribution < 1.29 is 14.4 Å². The van der Waals surface area contributed by atoms with E-state index in [-0.39, 0.29) is 17.2 Å². The zero-order valence-corrected chi connectivity index (χ0v) is 16.2. The average molecular weight is 397 g/mol. The third-order valence-electron chi connectivity index (χ3n) is 4.69. The molecule has 3 aromatic carbocycles. The molecule has 2 amide bonds. The van der Waals surface area contributed by atoms with E-state index < -0.39 is 11.8 Å². The lowest BCUT2D eigenvalue weighted by atomic mass is 10.1. The van der Waals surface area contributed by atoms with Crippen molar-refractivity contribution >= 4 is 39.9 Å². The number of amides is 2. The number of carbonyl (C=O) groups is 3. The van der Waals surface area contributed by atoms with Gasteiger partial charge in [0.1, 0.15) is 5.69 Å². The Morgan fingerprint density at radius 3 is 2.10 bits per heavy atom. The van der Waals surface area contributed by atoms with Crippen LogP contribution in [0.15, 0.2) is 78.9 Å². The molecule has 0 saturated carbocycles. The fourth-order valence-corrected chi connectivity index (χ4v) is 3.22. The van der Waals surface area contributed by atoms with E-state index in [1.165, 1.54) is 0 Å². The van der Waals surface area contributed by atoms with Gasteiger partial charge in [0.2, 0.25) is 5.78 Å². The highest BCUT2D eigenvalue weighted by Crippen LogP contribution is 2.30. The first kappa shape index (κ1) is 19.1. The van der Waals surface area contributed by atoms with Crippen LogP contribution in [0.4, 0.5) is 11.4 Å². The number of benzene rings is 3. The molecule has 0 bridgehead atoms. The number of ketones is 1. The lowest BCUT2D eigenvalue weighted by Gasteiger charge is -2.08. The van der Waals surface area contributed by atoms with Gasteiger partial charge in [-0.25, -0.2) is 0 Å². The van der Waals surface area contributed by atoms with Crippen molar-refractivity contribution in [3.63, 3.8) is 0 Å². The number of carbonyl (C=O) groups excluding carboxylic acids is 3. The fourth-order valence-electron chi connectivity index (χ4n) is 3.22. The molecular weight excluding hydrogens is 378 g/mol. The van der Waals surface area contributed by atoms with Gasteiger partial charge in [-0.15, -0.1) is 0 Å². The number of aryl methyl sites for hydroxylation is 1. The van der Waals surface area contributed by atoms with Crippen LogP contribution in [-0.4, -0.2) is 22.6 Å². The standard InChI is InChI=1S/C24H19N3O3/c1-15-12-13-18-19(14-15)26-21(22(28)16-8-4-2-5-9-16)20(18)27-24(30)23(29)25-17-10-6-3-7-11-17/h2-14,26H,1H3,(H,25,29)(H,27,30). The highest BCUT2D eigenvalue weighted by atomic mass is 16.2. The summed E-state index contributed by atoms with van der Waals surface area (Å²) in [4.78, 5) is 41.1. The summed E-state index contributed by atoms with van der Waals surface area (Å²) in [5.41, 5.74) is 3.20. The summed E-state index contributed by atoms with van der Waals surface area (Å²) >= 11 is 0. The normalized spacial score (nSPS) is 10.6. The molecule has 0 aliphatic heterocycles. The van der Waals surface area contributed by atoms with E-state index in [0.29, 0.717) is 22.2 Å². The SMILES string of the molecule is Cc1ccc2c(NC(=O)C(=O)Nc3ccccc3)c(C(=O)c3ccccc3)[nH]c2c1. The van der Waals surface area contributed by atoms with Crippen LogP contribution < -0.4 is 10.6 Å². The summed E-state index contributed by atoms with van der Waals surface area (Å²) in [6.45, 7) is 1.94. The monoisotopic (exact) mass is 397 g/mol. The smallest absolute Gasteiger partial charge is 0.314 e. The minimum atomic E-state index is -0.859. The number of H-pyrrole nitrogens is 1. The number of nitrogens with one attached hydrogen (secondary N) is 3. The molecule has 0 unspecified atom stereocenters. The summed E-state index contributed by atoms with van der Waals surface area (Å²) in [5, 5.41) is 5.82. The van der Waals surface area contributed by atoms with Gasteiger partial charge in [-0.3, -0.25) is 14.4 Å². The van der Waals surface area contributed by atoms with Gasteiger partial charge in [-0.1, -0.05) is 60.7 Å². The van der Waals surface area contributed by atoms with Gasteiger partial charge in [0.15, 0.2) is 0 Å². The van der Waals surface area contributed by atoms with Crippen molar-refractivity contribution in [2.45, 2.75) is 6.92 Å². The predicted molar refractivity (Wildman–Crippen MR) is 117 cm³/mol. The summed E-state index contributed by atoms with van der Waals surface area (Å²) in [6.07, 6.45) is 0. The summed E-state index contributed by atoms with van der Waals surface area (Å²) < 4.78 is 0. The second-order valence-corrected chi connectivity index (χ2v) is 6.89. The van der Waals surface area contributed by atoms with Crippen molar-refractivity contribution in [2.75, 3.05) is 10.6 Å². The van der Waals surface area contributed by atoms with E-state index in [1.54, 1.807) is 48.5 Å². The molecule has 0 aliphatic rings. The van der Waals surface area contributed by atoms with Crippen LogP contribution in [0.5, 0.6) is 0 Å². The molecule has 0 atom stereocenters. The van der Waals surface area contributed by atoms with E-state index in [4.69, 9.17) is 0 Å². The molecule has 30 heavy (non-hydrogen) atoms. The molecule has 0 radical (unpaired) electrons. The van der Waals surface area contributed by atoms with Crippen molar-refractivity contribution in [3.8, 4) is 0 Å². The lowest BCUT2D eigenvalue weighted by Crippen LogP contribution is -2.29. The largest absolute Gasteiger partial charge is 0.350 e. The molecule has 6 nitrogen and oxygen atoms in total. The minimum absolute atomic E-state index is 0.225. The number of hydrogen-bond acceptors (Lipinski definition) is 3. The highest BCUT2D eigenvalue weighted by molar-refractivity contribution is 6.44. The van der Waals surface area contributed by atoms with Gasteiger partial charge in [-0.2, -0.15) is 0 Å². The van der Waals surface area contributed by atoms with Crippen LogP contribution in [-0.2, 0) is 9.59 Å². The Bertz CT molecular complexity index is 1240. The number of fused-ring (bicyclic) bond motifs is 1. The maximum absolute atomic E-state index is 13.1. The third kappa shape index (κ3) is 3.84. The second-order valence-electron chi connectivity index (χ2n) is 6.89. The van der Waals surface area contributed by atoms with Crippen molar-refractivity contribution in [3.05, 3.63) is 95.7 Å². The Morgan fingerprint density at radius 1 is 0.767 bits per heavy atom. The van der Waals surface area contributed by atoms with Gasteiger partial charge >= 0.3 is 11.8 Å². The Hall–Kier alpha value is -4.19. The Kier molecular flexibility index (Phi) is 5.13. The number of aromatic nitrogens is 1. The van der Waals surface area contributed by atoms with Gasteiger partial charge < -0.3 is 15.6 Å². The molecule has 1 aromatic heterocycles. The maximum atomic E-state index is 13.1. The van der Waals surface area contributed by atoms with Gasteiger partial charge in [0, 0.05) is 22.2 Å². The topological polar surface area (TPSA) is 91.1 Å². The van der Waals surface area contributed by atoms with E-state index in [9.17, 15) is 14.4 Å². The van der Waals surface area contributed by atoms with Crippen molar-refractivity contribution in [1.29, 1.82) is 0 Å². The fraction of sp³-hybridized carbons (Fsp3) is 0.0417. The van der Waals surface area contributed by atoms with Crippen LogP contribution in [0.3, 0.4) is 0 Å². The molecule has 0 aliphatic carbocycles. The van der Waals surface area contributed by atoms with Crippen LogP contribution >= 0.6 is 0 Å². The van der Waals surface area contributed by atoms with Crippen LogP contribution in [0.1, 0.15) is 21.6 Å². The van der Waals surface area contributed by atoms with Crippen LogP contribution in [0, 0.1) is 6.92 Å². The predicted octanol–water partition coefficient (Wildman–Crippen LogP) is 4.28. The highest BCUT2D eigenvalue weighted by Gasteiger charge is 2.23. The maximum Gasteiger partial charge on any atom is 0.314 e. The second kappa shape index (κ2) is 8.05. The number of rotatable bonds is 4. The molecule has 0 spiro atoms. The Balaban J connectivity index is 1.69. The Labute approximate surface area is 172 Å². The van der Waals surface area contributed by atoms with Crippen molar-refractivity contribution in [2.24, 2.45) is 0 Å². The number of hydrogen-bond donors (Lipinski definition) is 3. The molecule has 6 heteroatoms. The van der Waals surface area contributed by atoms with E-state index in [1.807, 2.05) is 37.3 Å². The molecule has 4 aromatic rings. The first-order chi connectivity index (χ1) is 14.5. The molecule has 3 N–H and O–H groups in total. The van der Waals surface area contributed by atoms with E-state index in [2.05, 4.69) is 15.6 Å².